The second-order valence-electron chi connectivity index (χ2n) is 6.50. The molecule has 0 radical (unpaired) electrons. The smallest absolute Gasteiger partial charge is 0.320 e. The van der Waals surface area contributed by atoms with Gasteiger partial charge in [-0.1, -0.05) is 24.3 Å². The van der Waals surface area contributed by atoms with Gasteiger partial charge in [-0.3, -0.25) is 19.8 Å². The first kappa shape index (κ1) is 17.0. The lowest BCUT2D eigenvalue weighted by Crippen LogP contribution is -2.54. The topological polar surface area (TPSA) is 84.4 Å². The molecule has 25 heavy (non-hydrogen) atoms. The maximum absolute atomic E-state index is 12.0. The fraction of sp³-hybridized carbons (Fsp3) is 0.333. The van der Waals surface area contributed by atoms with E-state index in [0.717, 1.165) is 10.9 Å². The van der Waals surface area contributed by atoms with Gasteiger partial charge < -0.3 is 4.74 Å². The lowest BCUT2D eigenvalue weighted by atomic mass is 10.0. The molecule has 0 unspecified atom stereocenters. The molecule has 0 aliphatic carbocycles. The Bertz CT molecular complexity index is 832. The molecule has 2 aromatic rings. The van der Waals surface area contributed by atoms with Crippen LogP contribution < -0.4 is 5.32 Å². The Morgan fingerprint density at radius 1 is 1.40 bits per heavy atom. The van der Waals surface area contributed by atoms with Crippen molar-refractivity contribution in [3.8, 4) is 0 Å². The summed E-state index contributed by atoms with van der Waals surface area (Å²) in [7, 11) is 0. The van der Waals surface area contributed by atoms with Gasteiger partial charge in [0.1, 0.15) is 6.61 Å². The molecule has 7 nitrogen and oxygen atoms in total. The molecule has 3 rings (SSSR count). The van der Waals surface area contributed by atoms with Crippen molar-refractivity contribution in [2.45, 2.75) is 19.4 Å². The Balaban J connectivity index is 1.59. The number of para-hydroxylation sites is 1. The first-order chi connectivity index (χ1) is 11.9. The van der Waals surface area contributed by atoms with Crippen LogP contribution >= 0.6 is 0 Å². The number of carbonyl (C=O) groups is 2. The molecule has 0 saturated carbocycles. The van der Waals surface area contributed by atoms with Crippen LogP contribution in [0.15, 0.2) is 42.6 Å². The van der Waals surface area contributed by atoms with Gasteiger partial charge in [0, 0.05) is 24.2 Å². The molecule has 1 N–H and O–H groups in total. The molecule has 1 aromatic carbocycles. The van der Waals surface area contributed by atoms with E-state index in [0.29, 0.717) is 13.2 Å². The Hall–Kier alpha value is -2.80. The van der Waals surface area contributed by atoms with Crippen molar-refractivity contribution in [1.82, 2.24) is 14.9 Å². The van der Waals surface area contributed by atoms with Gasteiger partial charge in [0.05, 0.1) is 17.6 Å². The molecule has 130 valence electrons. The van der Waals surface area contributed by atoms with Crippen molar-refractivity contribution >= 4 is 28.7 Å². The minimum Gasteiger partial charge on any atom is -0.463 e. The van der Waals surface area contributed by atoms with Crippen LogP contribution in [-0.4, -0.2) is 52.0 Å². The molecular weight excluding hydrogens is 320 g/mol. The maximum atomic E-state index is 12.0. The molecule has 1 aliphatic heterocycles. The predicted octanol–water partition coefficient (Wildman–Crippen LogP) is 1.76. The number of ether oxygens (including phenoxy) is 1. The lowest BCUT2D eigenvalue weighted by molar-refractivity contribution is -0.159. The summed E-state index contributed by atoms with van der Waals surface area (Å²) in [5.41, 5.74) is 0.515. The minimum absolute atomic E-state index is 0.215. The van der Waals surface area contributed by atoms with Gasteiger partial charge in [0.25, 0.3) is 0 Å². The van der Waals surface area contributed by atoms with E-state index in [9.17, 15) is 9.59 Å². The molecular formula is C18H20N4O3. The fourth-order valence-electron chi connectivity index (χ4n) is 2.55. The van der Waals surface area contributed by atoms with Gasteiger partial charge in [-0.15, -0.1) is 0 Å². The fourth-order valence-corrected chi connectivity index (χ4v) is 2.55. The van der Waals surface area contributed by atoms with Gasteiger partial charge in [0.15, 0.2) is 0 Å². The van der Waals surface area contributed by atoms with Gasteiger partial charge in [-0.05, 0) is 19.9 Å². The van der Waals surface area contributed by atoms with E-state index in [1.165, 1.54) is 6.08 Å². The summed E-state index contributed by atoms with van der Waals surface area (Å²) >= 11 is 0. The minimum atomic E-state index is -0.312. The molecule has 1 amide bonds. The number of amides is 1. The summed E-state index contributed by atoms with van der Waals surface area (Å²) < 4.78 is 5.06. The van der Waals surface area contributed by atoms with Crippen molar-refractivity contribution in [2.75, 3.05) is 25.0 Å². The third-order valence-corrected chi connectivity index (χ3v) is 4.08. The largest absolute Gasteiger partial charge is 0.463 e. The predicted molar refractivity (Wildman–Crippen MR) is 93.9 cm³/mol. The normalized spacial score (nSPS) is 17.6. The summed E-state index contributed by atoms with van der Waals surface area (Å²) in [6, 6.07) is 7.56. The molecule has 1 fully saturated rings. The van der Waals surface area contributed by atoms with E-state index >= 15 is 0 Å². The maximum Gasteiger partial charge on any atom is 0.320 e. The SMILES string of the molecule is CC1(C)COC(=O)CN1CC=CC(=O)Nc1ncc2ccccc2n1. The standard InChI is InChI=1S/C18H20N4O3/c1-18(2)12-25-16(24)11-22(18)9-5-8-15(23)21-17-19-10-13-6-3-4-7-14(13)20-17/h3-8,10H,9,11-12H2,1-2H3,(H,19,20,21,23). The zero-order valence-electron chi connectivity index (χ0n) is 14.2. The van der Waals surface area contributed by atoms with E-state index in [-0.39, 0.29) is 29.9 Å². The number of fused-ring (bicyclic) bond motifs is 1. The van der Waals surface area contributed by atoms with Crippen LogP contribution in [0, 0.1) is 0 Å². The highest BCUT2D eigenvalue weighted by atomic mass is 16.5. The summed E-state index contributed by atoms with van der Waals surface area (Å²) in [6.07, 6.45) is 4.81. The monoisotopic (exact) mass is 340 g/mol. The summed E-state index contributed by atoms with van der Waals surface area (Å²) in [5.74, 6) is -0.301. The number of nitrogens with one attached hydrogen (secondary N) is 1. The Kier molecular flexibility index (Phi) is 4.76. The zero-order chi connectivity index (χ0) is 17.9. The second kappa shape index (κ2) is 6.98. The number of esters is 1. The first-order valence-corrected chi connectivity index (χ1v) is 8.04. The highest BCUT2D eigenvalue weighted by Crippen LogP contribution is 2.19. The van der Waals surface area contributed by atoms with E-state index in [1.807, 2.05) is 43.0 Å². The third-order valence-electron chi connectivity index (χ3n) is 4.08. The molecule has 1 aliphatic rings. The number of benzene rings is 1. The van der Waals surface area contributed by atoms with Crippen LogP contribution in [0.3, 0.4) is 0 Å². The van der Waals surface area contributed by atoms with Crippen molar-refractivity contribution in [3.63, 3.8) is 0 Å². The number of hydrogen-bond acceptors (Lipinski definition) is 6. The van der Waals surface area contributed by atoms with Crippen LogP contribution in [0.1, 0.15) is 13.8 Å². The Morgan fingerprint density at radius 2 is 2.20 bits per heavy atom. The molecule has 1 saturated heterocycles. The average molecular weight is 340 g/mol. The highest BCUT2D eigenvalue weighted by molar-refractivity contribution is 5.98. The van der Waals surface area contributed by atoms with Gasteiger partial charge >= 0.3 is 5.97 Å². The number of rotatable bonds is 4. The molecule has 0 spiro atoms. The number of nitrogens with zero attached hydrogens (tertiary/aromatic N) is 3. The zero-order valence-corrected chi connectivity index (χ0v) is 14.2. The summed E-state index contributed by atoms with van der Waals surface area (Å²) in [6.45, 7) is 5.03. The first-order valence-electron chi connectivity index (χ1n) is 8.04. The quantitative estimate of drug-likeness (QED) is 0.674. The molecule has 0 atom stereocenters. The Labute approximate surface area is 145 Å². The van der Waals surface area contributed by atoms with E-state index in [1.54, 1.807) is 12.3 Å². The van der Waals surface area contributed by atoms with Gasteiger partial charge in [-0.2, -0.15) is 0 Å². The number of carbonyl (C=O) groups excluding carboxylic acids is 2. The highest BCUT2D eigenvalue weighted by Gasteiger charge is 2.33. The van der Waals surface area contributed by atoms with Gasteiger partial charge in [0.2, 0.25) is 11.9 Å². The number of aromatic nitrogens is 2. The van der Waals surface area contributed by atoms with Crippen LogP contribution in [0.4, 0.5) is 5.95 Å². The molecule has 0 bridgehead atoms. The number of anilines is 1. The third kappa shape index (κ3) is 4.19. The van der Waals surface area contributed by atoms with Crippen molar-refractivity contribution in [2.24, 2.45) is 0 Å². The van der Waals surface area contributed by atoms with Crippen LogP contribution in [-0.2, 0) is 14.3 Å². The van der Waals surface area contributed by atoms with Crippen molar-refractivity contribution in [3.05, 3.63) is 42.6 Å². The van der Waals surface area contributed by atoms with Crippen LogP contribution in [0.5, 0.6) is 0 Å². The summed E-state index contributed by atoms with van der Waals surface area (Å²) in [4.78, 5) is 33.8. The van der Waals surface area contributed by atoms with Crippen molar-refractivity contribution < 1.29 is 14.3 Å². The summed E-state index contributed by atoms with van der Waals surface area (Å²) in [5, 5.41) is 3.56. The lowest BCUT2D eigenvalue weighted by Gasteiger charge is -2.40. The molecule has 7 heteroatoms. The number of hydrogen-bond donors (Lipinski definition) is 1. The average Bonchev–Trinajstić information content (AvgIpc) is 2.58. The Morgan fingerprint density at radius 3 is 3.04 bits per heavy atom. The van der Waals surface area contributed by atoms with Crippen LogP contribution in [0.2, 0.25) is 0 Å². The molecule has 2 heterocycles. The van der Waals surface area contributed by atoms with E-state index < -0.39 is 0 Å². The van der Waals surface area contributed by atoms with Gasteiger partial charge in [-0.25, -0.2) is 9.97 Å². The molecule has 1 aromatic heterocycles. The second-order valence-corrected chi connectivity index (χ2v) is 6.50. The number of morpholine rings is 1. The van der Waals surface area contributed by atoms with Crippen molar-refractivity contribution in [1.29, 1.82) is 0 Å². The van der Waals surface area contributed by atoms with E-state index in [2.05, 4.69) is 15.3 Å². The van der Waals surface area contributed by atoms with Crippen LogP contribution in [0.25, 0.3) is 10.9 Å². The number of cyclic esters (lactones) is 1. The van der Waals surface area contributed by atoms with E-state index in [4.69, 9.17) is 4.74 Å².